The molecule has 0 aliphatic rings. The maximum atomic E-state index is 13.0. The summed E-state index contributed by atoms with van der Waals surface area (Å²) in [6, 6.07) is 0. The van der Waals surface area contributed by atoms with Gasteiger partial charge in [-0.1, -0.05) is 0 Å². The van der Waals surface area contributed by atoms with Crippen molar-refractivity contribution in [3.63, 3.8) is 0 Å². The van der Waals surface area contributed by atoms with Crippen molar-refractivity contribution in [2.45, 2.75) is 26.6 Å². The molecule has 11 nitrogen and oxygen atoms in total. The zero-order valence-corrected chi connectivity index (χ0v) is 18.6. The molecule has 34 heavy (non-hydrogen) atoms. The molecule has 0 fully saturated rings. The lowest BCUT2D eigenvalue weighted by atomic mass is 10.2. The van der Waals surface area contributed by atoms with Crippen LogP contribution >= 0.6 is 0 Å². The second-order valence-electron chi connectivity index (χ2n) is 7.49. The Morgan fingerprint density at radius 1 is 1.29 bits per heavy atom. The van der Waals surface area contributed by atoms with Crippen LogP contribution in [-0.2, 0) is 24.6 Å². The predicted molar refractivity (Wildman–Crippen MR) is 117 cm³/mol. The van der Waals surface area contributed by atoms with Crippen molar-refractivity contribution in [3.8, 4) is 22.9 Å². The molecule has 4 aromatic rings. The largest absolute Gasteiger partial charge is 0.451 e. The molecule has 0 aromatic carbocycles. The van der Waals surface area contributed by atoms with E-state index in [9.17, 15) is 13.2 Å². The molecule has 0 spiro atoms. The van der Waals surface area contributed by atoms with E-state index < -0.39 is 12.0 Å². The first kappa shape index (κ1) is 23.1. The summed E-state index contributed by atoms with van der Waals surface area (Å²) in [7, 11) is 1.89. The minimum absolute atomic E-state index is 0.0758. The summed E-state index contributed by atoms with van der Waals surface area (Å²) in [5.41, 5.74) is 2.60. The summed E-state index contributed by atoms with van der Waals surface area (Å²) >= 11 is 0. The van der Waals surface area contributed by atoms with Gasteiger partial charge in [-0.15, -0.1) is 0 Å². The Balaban J connectivity index is 1.68. The number of hydrogen-bond acceptors (Lipinski definition) is 7. The summed E-state index contributed by atoms with van der Waals surface area (Å²) < 4.78 is 48.4. The fourth-order valence-corrected chi connectivity index (χ4v) is 3.31. The number of alkyl halides is 3. The van der Waals surface area contributed by atoms with Gasteiger partial charge in [-0.05, 0) is 26.1 Å². The molecule has 4 rings (SSSR count). The Morgan fingerprint density at radius 2 is 2.09 bits per heavy atom. The Morgan fingerprint density at radius 3 is 2.68 bits per heavy atom. The van der Waals surface area contributed by atoms with E-state index in [-0.39, 0.29) is 24.1 Å². The molecule has 0 aliphatic carbocycles. The molecule has 2 N–H and O–H groups in total. The van der Waals surface area contributed by atoms with Crippen LogP contribution in [0.4, 0.5) is 19.1 Å². The Bertz CT molecular complexity index is 1330. The lowest BCUT2D eigenvalue weighted by Gasteiger charge is -2.08. The number of ether oxygens (including phenoxy) is 1. The number of aliphatic imine (C=N–C) groups is 1. The zero-order chi connectivity index (χ0) is 24.5. The Labute approximate surface area is 191 Å². The van der Waals surface area contributed by atoms with Crippen LogP contribution in [0, 0.1) is 6.92 Å². The number of nitrogens with one attached hydrogen (secondary N) is 2. The van der Waals surface area contributed by atoms with E-state index in [1.165, 1.54) is 12.5 Å². The number of rotatable bonds is 8. The quantitative estimate of drug-likeness (QED) is 0.376. The number of imidazole rings is 3. The molecular weight excluding hydrogens is 453 g/mol. The highest BCUT2D eigenvalue weighted by molar-refractivity contribution is 5.78. The normalized spacial score (nSPS) is 12.5. The van der Waals surface area contributed by atoms with Crippen molar-refractivity contribution in [3.05, 3.63) is 41.6 Å². The van der Waals surface area contributed by atoms with Crippen molar-refractivity contribution in [2.24, 2.45) is 12.0 Å². The molecule has 0 atom stereocenters. The maximum absolute atomic E-state index is 13.0. The highest BCUT2D eigenvalue weighted by Gasteiger charge is 2.36. The number of aromatic amines is 2. The van der Waals surface area contributed by atoms with Gasteiger partial charge in [0.1, 0.15) is 23.8 Å². The smallest absolute Gasteiger partial charge is 0.369 e. The standard InChI is InChI=1S/C20H21F3N10O/c1-11(8-34-9-14-27-12(2)7-32(14)4)6-33-16(13-5-25-10-26-13)15(28-19(33)24-3)17-29-18(31-30-17)20(21,22)23/h5-7,10H,3,8-9H2,1-2,4H3,(H,25,26)(H,29,30,31)/b11-6+. The van der Waals surface area contributed by atoms with Crippen molar-refractivity contribution < 1.29 is 17.9 Å². The van der Waals surface area contributed by atoms with Gasteiger partial charge in [-0.2, -0.15) is 18.3 Å². The van der Waals surface area contributed by atoms with Crippen LogP contribution in [0.5, 0.6) is 0 Å². The van der Waals surface area contributed by atoms with Gasteiger partial charge in [0.25, 0.3) is 0 Å². The van der Waals surface area contributed by atoms with Crippen molar-refractivity contribution in [1.29, 1.82) is 0 Å². The van der Waals surface area contributed by atoms with Gasteiger partial charge < -0.3 is 14.3 Å². The number of aromatic nitrogens is 9. The number of hydrogen-bond donors (Lipinski definition) is 2. The molecule has 178 valence electrons. The maximum Gasteiger partial charge on any atom is 0.451 e. The molecule has 0 saturated heterocycles. The topological polar surface area (TPSA) is 127 Å². The van der Waals surface area contributed by atoms with Crippen molar-refractivity contribution >= 4 is 18.9 Å². The average molecular weight is 474 g/mol. The molecule has 0 aliphatic heterocycles. The molecule has 4 aromatic heterocycles. The van der Waals surface area contributed by atoms with Gasteiger partial charge in [-0.3, -0.25) is 9.67 Å². The summed E-state index contributed by atoms with van der Waals surface area (Å²) in [6.45, 7) is 7.83. The second-order valence-corrected chi connectivity index (χ2v) is 7.49. The van der Waals surface area contributed by atoms with E-state index in [0.29, 0.717) is 18.0 Å². The SMILES string of the molecule is C=Nc1nc(-c2n[nH]c(C(F)(F)F)n2)c(-c2cnc[nH]2)n1/C=C(\C)COCc1nc(C)cn1C. The molecule has 0 amide bonds. The fraction of sp³-hybridized carbons (Fsp3) is 0.300. The minimum Gasteiger partial charge on any atom is -0.369 e. The third-order valence-electron chi connectivity index (χ3n) is 4.76. The van der Waals surface area contributed by atoms with Gasteiger partial charge in [-0.25, -0.2) is 24.9 Å². The molecular formula is C20H21F3N10O. The third kappa shape index (κ3) is 4.66. The minimum atomic E-state index is -4.68. The number of aryl methyl sites for hydroxylation is 2. The first-order chi connectivity index (χ1) is 16.2. The van der Waals surface area contributed by atoms with Crippen LogP contribution in [-0.4, -0.2) is 57.6 Å². The molecule has 0 radical (unpaired) electrons. The fourth-order valence-electron chi connectivity index (χ4n) is 3.31. The van der Waals surface area contributed by atoms with Crippen LogP contribution in [0.2, 0.25) is 0 Å². The number of nitrogens with zero attached hydrogens (tertiary/aromatic N) is 8. The molecule has 4 heterocycles. The van der Waals surface area contributed by atoms with Crippen LogP contribution in [0.15, 0.2) is 29.3 Å². The number of H-pyrrole nitrogens is 2. The molecule has 14 heteroatoms. The van der Waals surface area contributed by atoms with Crippen LogP contribution in [0.3, 0.4) is 0 Å². The van der Waals surface area contributed by atoms with Gasteiger partial charge in [0.05, 0.1) is 30.5 Å². The Hall–Kier alpha value is -4.07. The predicted octanol–water partition coefficient (Wildman–Crippen LogP) is 3.53. The van der Waals surface area contributed by atoms with E-state index in [1.54, 1.807) is 10.8 Å². The molecule has 0 unspecified atom stereocenters. The van der Waals surface area contributed by atoms with E-state index in [4.69, 9.17) is 4.74 Å². The van der Waals surface area contributed by atoms with E-state index in [0.717, 1.165) is 17.1 Å². The van der Waals surface area contributed by atoms with Crippen molar-refractivity contribution in [2.75, 3.05) is 6.61 Å². The summed E-state index contributed by atoms with van der Waals surface area (Å²) in [6.07, 6.45) is 1.87. The highest BCUT2D eigenvalue weighted by atomic mass is 19.4. The highest BCUT2D eigenvalue weighted by Crippen LogP contribution is 2.35. The van der Waals surface area contributed by atoms with Gasteiger partial charge >= 0.3 is 6.18 Å². The zero-order valence-electron chi connectivity index (χ0n) is 18.6. The molecule has 0 bridgehead atoms. The average Bonchev–Trinajstić information content (AvgIpc) is 3.54. The molecule has 0 saturated carbocycles. The summed E-state index contributed by atoms with van der Waals surface area (Å²) in [4.78, 5) is 23.1. The van der Waals surface area contributed by atoms with Crippen LogP contribution in [0.25, 0.3) is 29.1 Å². The van der Waals surface area contributed by atoms with Crippen LogP contribution < -0.4 is 0 Å². The second kappa shape index (κ2) is 9.05. The first-order valence-corrected chi connectivity index (χ1v) is 9.99. The van der Waals surface area contributed by atoms with Gasteiger partial charge in [0.2, 0.25) is 17.6 Å². The van der Waals surface area contributed by atoms with Gasteiger partial charge in [0, 0.05) is 19.4 Å². The van der Waals surface area contributed by atoms with Crippen molar-refractivity contribution in [1.82, 2.24) is 44.3 Å². The monoisotopic (exact) mass is 474 g/mol. The van der Waals surface area contributed by atoms with E-state index in [2.05, 4.69) is 41.7 Å². The third-order valence-corrected chi connectivity index (χ3v) is 4.76. The first-order valence-electron chi connectivity index (χ1n) is 9.99. The van der Waals surface area contributed by atoms with E-state index >= 15 is 0 Å². The van der Waals surface area contributed by atoms with Gasteiger partial charge in [0.15, 0.2) is 0 Å². The Kier molecular flexibility index (Phi) is 6.15. The van der Waals surface area contributed by atoms with E-state index in [1.807, 2.05) is 36.8 Å². The number of halogens is 3. The van der Waals surface area contributed by atoms with Crippen LogP contribution in [0.1, 0.15) is 24.3 Å². The lowest BCUT2D eigenvalue weighted by Crippen LogP contribution is -2.07. The lowest BCUT2D eigenvalue weighted by molar-refractivity contribution is -0.144. The summed E-state index contributed by atoms with van der Waals surface area (Å²) in [5, 5.41) is 5.60. The summed E-state index contributed by atoms with van der Waals surface area (Å²) in [5.74, 6) is -0.553.